The molecule has 0 amide bonds. The summed E-state index contributed by atoms with van der Waals surface area (Å²) in [4.78, 5) is 0. The number of rotatable bonds is 8. The minimum absolute atomic E-state index is 0.668. The number of nitrogens with zero attached hydrogens (tertiary/aromatic N) is 4. The highest BCUT2D eigenvalue weighted by Crippen LogP contribution is 1.93. The molecule has 0 atom stereocenters. The van der Waals surface area contributed by atoms with E-state index in [0.29, 0.717) is 19.7 Å². The number of unbranched alkanes of at least 4 members (excludes halogenated alkanes) is 1. The van der Waals surface area contributed by atoms with Gasteiger partial charge in [0.15, 0.2) is 5.82 Å². The maximum absolute atomic E-state index is 5.44. The molecule has 1 aromatic rings. The number of hydrogen-bond donors (Lipinski definition) is 1. The Bertz CT molecular complexity index is 263. The summed E-state index contributed by atoms with van der Waals surface area (Å²) in [5.41, 5.74) is 0. The molecule has 1 N–H and O–H groups in total. The van der Waals surface area contributed by atoms with Gasteiger partial charge in [-0.3, -0.25) is 0 Å². The lowest BCUT2D eigenvalue weighted by molar-refractivity contribution is 0.120. The van der Waals surface area contributed by atoms with Crippen molar-refractivity contribution in [3.63, 3.8) is 0 Å². The van der Waals surface area contributed by atoms with Crippen molar-refractivity contribution in [1.29, 1.82) is 0 Å². The molecule has 0 saturated carbocycles. The summed E-state index contributed by atoms with van der Waals surface area (Å²) in [6.45, 7) is 5.03. The highest BCUT2D eigenvalue weighted by Gasteiger charge is 2.03. The van der Waals surface area contributed by atoms with E-state index >= 15 is 0 Å². The number of nitrogens with one attached hydrogen (secondary N) is 1. The molecule has 0 radical (unpaired) electrons. The first-order valence-electron chi connectivity index (χ1n) is 5.36. The summed E-state index contributed by atoms with van der Waals surface area (Å²) in [6, 6.07) is 0. The Hall–Kier alpha value is -1.01. The molecule has 1 aromatic heterocycles. The van der Waals surface area contributed by atoms with Gasteiger partial charge in [-0.2, -0.15) is 0 Å². The van der Waals surface area contributed by atoms with Gasteiger partial charge in [-0.25, -0.2) is 4.68 Å². The Kier molecular flexibility index (Phi) is 5.87. The van der Waals surface area contributed by atoms with Crippen molar-refractivity contribution in [1.82, 2.24) is 25.5 Å². The quantitative estimate of drug-likeness (QED) is 0.625. The third kappa shape index (κ3) is 4.35. The zero-order valence-electron chi connectivity index (χ0n) is 9.44. The summed E-state index contributed by atoms with van der Waals surface area (Å²) < 4.78 is 7.21. The van der Waals surface area contributed by atoms with Gasteiger partial charge < -0.3 is 10.1 Å². The molecule has 0 fully saturated rings. The van der Waals surface area contributed by atoms with Gasteiger partial charge in [0.05, 0.1) is 19.7 Å². The van der Waals surface area contributed by atoms with Crippen molar-refractivity contribution in [3.05, 3.63) is 5.82 Å². The summed E-state index contributed by atoms with van der Waals surface area (Å²) >= 11 is 0. The second-order valence-corrected chi connectivity index (χ2v) is 3.31. The molecule has 6 nitrogen and oxygen atoms in total. The van der Waals surface area contributed by atoms with Crippen LogP contribution in [0.1, 0.15) is 25.6 Å². The molecular weight excluding hydrogens is 194 g/mol. The predicted octanol–water partition coefficient (Wildman–Crippen LogP) is 0.209. The molecular formula is C9H19N5O. The van der Waals surface area contributed by atoms with Crippen molar-refractivity contribution in [3.8, 4) is 0 Å². The van der Waals surface area contributed by atoms with E-state index in [1.54, 1.807) is 4.68 Å². The third-order valence-electron chi connectivity index (χ3n) is 2.03. The Morgan fingerprint density at radius 3 is 3.00 bits per heavy atom. The molecule has 0 unspecified atom stereocenters. The lowest BCUT2D eigenvalue weighted by Crippen LogP contribution is -2.16. The van der Waals surface area contributed by atoms with E-state index in [0.717, 1.165) is 25.3 Å². The summed E-state index contributed by atoms with van der Waals surface area (Å²) in [5.74, 6) is 0.844. The Morgan fingerprint density at radius 2 is 2.27 bits per heavy atom. The van der Waals surface area contributed by atoms with Crippen LogP contribution in [0.2, 0.25) is 0 Å². The average molecular weight is 213 g/mol. The lowest BCUT2D eigenvalue weighted by atomic mass is 10.4. The van der Waals surface area contributed by atoms with Crippen LogP contribution in [0, 0.1) is 0 Å². The van der Waals surface area contributed by atoms with E-state index in [9.17, 15) is 0 Å². The third-order valence-corrected chi connectivity index (χ3v) is 2.03. The van der Waals surface area contributed by atoms with Crippen LogP contribution < -0.4 is 5.32 Å². The van der Waals surface area contributed by atoms with E-state index in [1.165, 1.54) is 0 Å². The van der Waals surface area contributed by atoms with Crippen LogP contribution in [0.25, 0.3) is 0 Å². The van der Waals surface area contributed by atoms with Gasteiger partial charge in [0.25, 0.3) is 0 Å². The second kappa shape index (κ2) is 7.30. The molecule has 0 saturated heterocycles. The van der Waals surface area contributed by atoms with E-state index in [4.69, 9.17) is 4.74 Å². The van der Waals surface area contributed by atoms with Crippen molar-refractivity contribution < 1.29 is 4.74 Å². The first-order valence-corrected chi connectivity index (χ1v) is 5.36. The summed E-state index contributed by atoms with van der Waals surface area (Å²) in [7, 11) is 1.87. The van der Waals surface area contributed by atoms with Gasteiger partial charge in [-0.15, -0.1) is 5.10 Å². The van der Waals surface area contributed by atoms with Crippen molar-refractivity contribution in [2.45, 2.75) is 32.9 Å². The molecule has 86 valence electrons. The molecule has 0 bridgehead atoms. The van der Waals surface area contributed by atoms with Gasteiger partial charge in [0, 0.05) is 6.61 Å². The molecule has 0 aliphatic heterocycles. The van der Waals surface area contributed by atoms with Gasteiger partial charge in [-0.1, -0.05) is 13.3 Å². The normalized spacial score (nSPS) is 10.8. The second-order valence-electron chi connectivity index (χ2n) is 3.31. The minimum atomic E-state index is 0.668. The fourth-order valence-electron chi connectivity index (χ4n) is 1.18. The molecule has 0 aliphatic rings. The molecule has 0 spiro atoms. The maximum Gasteiger partial charge on any atom is 0.165 e. The Morgan fingerprint density at radius 1 is 1.40 bits per heavy atom. The highest BCUT2D eigenvalue weighted by atomic mass is 16.5. The van der Waals surface area contributed by atoms with E-state index in [-0.39, 0.29) is 0 Å². The van der Waals surface area contributed by atoms with Crippen LogP contribution in [-0.2, 0) is 17.8 Å². The SMILES string of the molecule is CCCCOCCn1nnnc1CNC. The topological polar surface area (TPSA) is 64.9 Å². The van der Waals surface area contributed by atoms with Crippen LogP contribution in [0.3, 0.4) is 0 Å². The van der Waals surface area contributed by atoms with Crippen molar-refractivity contribution in [2.24, 2.45) is 0 Å². The molecule has 0 aromatic carbocycles. The van der Waals surface area contributed by atoms with Crippen LogP contribution in [0.15, 0.2) is 0 Å². The largest absolute Gasteiger partial charge is 0.380 e. The van der Waals surface area contributed by atoms with E-state index < -0.39 is 0 Å². The fraction of sp³-hybridized carbons (Fsp3) is 0.889. The van der Waals surface area contributed by atoms with Gasteiger partial charge in [0.2, 0.25) is 0 Å². The van der Waals surface area contributed by atoms with Crippen molar-refractivity contribution >= 4 is 0 Å². The van der Waals surface area contributed by atoms with Crippen LogP contribution in [-0.4, -0.2) is 40.5 Å². The lowest BCUT2D eigenvalue weighted by Gasteiger charge is -2.05. The van der Waals surface area contributed by atoms with Crippen LogP contribution in [0.4, 0.5) is 0 Å². The molecule has 1 rings (SSSR count). The minimum Gasteiger partial charge on any atom is -0.380 e. The van der Waals surface area contributed by atoms with Crippen LogP contribution in [0.5, 0.6) is 0 Å². The van der Waals surface area contributed by atoms with Gasteiger partial charge in [0.1, 0.15) is 0 Å². The summed E-state index contributed by atoms with van der Waals surface area (Å²) in [6.07, 6.45) is 2.27. The Balaban J connectivity index is 2.21. The predicted molar refractivity (Wildman–Crippen MR) is 56.3 cm³/mol. The first kappa shape index (κ1) is 12.1. The van der Waals surface area contributed by atoms with Crippen molar-refractivity contribution in [2.75, 3.05) is 20.3 Å². The standard InChI is InChI=1S/C9H19N5O/c1-3-4-6-15-7-5-14-9(8-10-2)11-12-13-14/h10H,3-8H2,1-2H3. The zero-order valence-corrected chi connectivity index (χ0v) is 9.44. The number of aromatic nitrogens is 4. The average Bonchev–Trinajstić information content (AvgIpc) is 2.66. The molecule has 15 heavy (non-hydrogen) atoms. The molecule has 6 heteroatoms. The Labute approximate surface area is 90.0 Å². The smallest absolute Gasteiger partial charge is 0.165 e. The summed E-state index contributed by atoms with van der Waals surface area (Å²) in [5, 5.41) is 14.4. The van der Waals surface area contributed by atoms with E-state index in [2.05, 4.69) is 27.8 Å². The zero-order chi connectivity index (χ0) is 10.9. The number of ether oxygens (including phenoxy) is 1. The maximum atomic E-state index is 5.44. The molecule has 0 aliphatic carbocycles. The van der Waals surface area contributed by atoms with Gasteiger partial charge in [-0.05, 0) is 23.9 Å². The molecule has 1 heterocycles. The fourth-order valence-corrected chi connectivity index (χ4v) is 1.18. The van der Waals surface area contributed by atoms with Gasteiger partial charge >= 0.3 is 0 Å². The van der Waals surface area contributed by atoms with E-state index in [1.807, 2.05) is 7.05 Å². The van der Waals surface area contributed by atoms with Crippen LogP contribution >= 0.6 is 0 Å². The monoisotopic (exact) mass is 213 g/mol. The number of tetrazole rings is 1. The number of hydrogen-bond acceptors (Lipinski definition) is 5. The first-order chi connectivity index (χ1) is 7.38. The highest BCUT2D eigenvalue weighted by molar-refractivity contribution is 4.78.